The summed E-state index contributed by atoms with van der Waals surface area (Å²) in [4.78, 5) is 0. The van der Waals surface area contributed by atoms with Gasteiger partial charge in [0.1, 0.15) is 5.75 Å². The highest BCUT2D eigenvalue weighted by Crippen LogP contribution is 2.17. The standard InChI is InChI=1S/C15H22N4OS2/c1-20-13-8-6-11(7-9-13)10-16-14(21)18-19-15(22)17-12-4-2-3-5-12/h6-9,12H,2-5,10H2,1H3,(H2,16,18,21)(H2,17,19,22). The third-order valence-corrected chi connectivity index (χ3v) is 4.06. The Bertz CT molecular complexity index is 501. The summed E-state index contributed by atoms with van der Waals surface area (Å²) in [6.45, 7) is 0.639. The fraction of sp³-hybridized carbons (Fsp3) is 0.467. The average molecular weight is 339 g/mol. The third kappa shape index (κ3) is 5.65. The van der Waals surface area contributed by atoms with Crippen LogP contribution < -0.4 is 26.2 Å². The maximum absolute atomic E-state index is 5.23. The summed E-state index contributed by atoms with van der Waals surface area (Å²) in [5, 5.41) is 7.48. The number of ether oxygens (including phenoxy) is 1. The SMILES string of the molecule is COc1ccc(CNC(=S)NNC(=S)NC2CCCC2)cc1. The lowest BCUT2D eigenvalue weighted by atomic mass is 10.2. The lowest BCUT2D eigenvalue weighted by Gasteiger charge is -2.17. The van der Waals surface area contributed by atoms with Crippen LogP contribution in [0.15, 0.2) is 24.3 Å². The highest BCUT2D eigenvalue weighted by Gasteiger charge is 2.15. The molecule has 0 heterocycles. The predicted molar refractivity (Wildman–Crippen MR) is 96.7 cm³/mol. The van der Waals surface area contributed by atoms with Gasteiger partial charge in [-0.25, -0.2) is 0 Å². The van der Waals surface area contributed by atoms with Crippen LogP contribution >= 0.6 is 24.4 Å². The Morgan fingerprint density at radius 1 is 1.09 bits per heavy atom. The van der Waals surface area contributed by atoms with E-state index in [1.54, 1.807) is 7.11 Å². The van der Waals surface area contributed by atoms with E-state index in [0.29, 0.717) is 22.8 Å². The van der Waals surface area contributed by atoms with Gasteiger partial charge in [-0.3, -0.25) is 10.9 Å². The quantitative estimate of drug-likeness (QED) is 0.495. The molecule has 5 nitrogen and oxygen atoms in total. The molecule has 0 radical (unpaired) electrons. The van der Waals surface area contributed by atoms with Crippen molar-refractivity contribution in [1.29, 1.82) is 0 Å². The number of rotatable bonds is 4. The molecule has 1 aromatic carbocycles. The van der Waals surface area contributed by atoms with Crippen LogP contribution in [0.1, 0.15) is 31.2 Å². The van der Waals surface area contributed by atoms with Gasteiger partial charge in [-0.1, -0.05) is 25.0 Å². The van der Waals surface area contributed by atoms with E-state index in [2.05, 4.69) is 21.5 Å². The molecule has 1 aromatic rings. The van der Waals surface area contributed by atoms with Gasteiger partial charge in [0.05, 0.1) is 7.11 Å². The van der Waals surface area contributed by atoms with Gasteiger partial charge >= 0.3 is 0 Å². The molecule has 22 heavy (non-hydrogen) atoms. The van der Waals surface area contributed by atoms with Crippen LogP contribution in [0.25, 0.3) is 0 Å². The second-order valence-electron chi connectivity index (χ2n) is 5.24. The van der Waals surface area contributed by atoms with Crippen molar-refractivity contribution in [2.75, 3.05) is 7.11 Å². The van der Waals surface area contributed by atoms with Gasteiger partial charge in [0.15, 0.2) is 10.2 Å². The summed E-state index contributed by atoms with van der Waals surface area (Å²) in [6.07, 6.45) is 4.91. The van der Waals surface area contributed by atoms with Crippen LogP contribution in [0.4, 0.5) is 0 Å². The molecule has 7 heteroatoms. The smallest absolute Gasteiger partial charge is 0.185 e. The Kier molecular flexibility index (Phi) is 6.67. The van der Waals surface area contributed by atoms with E-state index in [1.807, 2.05) is 24.3 Å². The van der Waals surface area contributed by atoms with Gasteiger partial charge in [0.2, 0.25) is 0 Å². The first-order valence-electron chi connectivity index (χ1n) is 7.40. The molecular formula is C15H22N4OS2. The number of hydrogen-bond acceptors (Lipinski definition) is 3. The van der Waals surface area contributed by atoms with Crippen molar-refractivity contribution in [2.45, 2.75) is 38.3 Å². The summed E-state index contributed by atoms with van der Waals surface area (Å²) in [7, 11) is 1.65. The first kappa shape index (κ1) is 16.8. The predicted octanol–water partition coefficient (Wildman–Crippen LogP) is 1.98. The van der Waals surface area contributed by atoms with E-state index >= 15 is 0 Å². The summed E-state index contributed by atoms with van der Waals surface area (Å²) < 4.78 is 5.12. The van der Waals surface area contributed by atoms with Crippen LogP contribution in [-0.4, -0.2) is 23.4 Å². The normalized spacial score (nSPS) is 14.2. The number of nitrogens with one attached hydrogen (secondary N) is 4. The molecule has 1 aliphatic carbocycles. The minimum absolute atomic E-state index is 0.489. The summed E-state index contributed by atoms with van der Waals surface area (Å²) in [6, 6.07) is 8.32. The topological polar surface area (TPSA) is 57.4 Å². The monoisotopic (exact) mass is 338 g/mol. The van der Waals surface area contributed by atoms with Crippen LogP contribution in [-0.2, 0) is 6.54 Å². The lowest BCUT2D eigenvalue weighted by Crippen LogP contribution is -2.51. The Morgan fingerprint density at radius 2 is 1.73 bits per heavy atom. The van der Waals surface area contributed by atoms with E-state index < -0.39 is 0 Å². The molecule has 0 spiro atoms. The molecule has 1 aliphatic rings. The molecule has 4 N–H and O–H groups in total. The van der Waals surface area contributed by atoms with E-state index in [1.165, 1.54) is 25.7 Å². The van der Waals surface area contributed by atoms with Crippen LogP contribution in [0.3, 0.4) is 0 Å². The molecule has 1 fully saturated rings. The lowest BCUT2D eigenvalue weighted by molar-refractivity contribution is 0.414. The van der Waals surface area contributed by atoms with Crippen LogP contribution in [0.2, 0.25) is 0 Å². The number of benzene rings is 1. The zero-order chi connectivity index (χ0) is 15.8. The largest absolute Gasteiger partial charge is 0.497 e. The third-order valence-electron chi connectivity index (χ3n) is 3.59. The van der Waals surface area contributed by atoms with E-state index in [0.717, 1.165) is 11.3 Å². The van der Waals surface area contributed by atoms with Crippen molar-refractivity contribution in [2.24, 2.45) is 0 Å². The molecule has 120 valence electrons. The van der Waals surface area contributed by atoms with Crippen molar-refractivity contribution in [3.05, 3.63) is 29.8 Å². The molecule has 0 unspecified atom stereocenters. The van der Waals surface area contributed by atoms with Crippen molar-refractivity contribution >= 4 is 34.7 Å². The van der Waals surface area contributed by atoms with Gasteiger partial charge < -0.3 is 15.4 Å². The maximum Gasteiger partial charge on any atom is 0.185 e. The van der Waals surface area contributed by atoms with Crippen LogP contribution in [0, 0.1) is 0 Å². The molecule has 2 rings (SSSR count). The molecular weight excluding hydrogens is 316 g/mol. The average Bonchev–Trinajstić information content (AvgIpc) is 3.04. The fourth-order valence-corrected chi connectivity index (χ4v) is 2.72. The van der Waals surface area contributed by atoms with E-state index in [9.17, 15) is 0 Å². The molecule has 0 aromatic heterocycles. The molecule has 0 aliphatic heterocycles. The highest BCUT2D eigenvalue weighted by molar-refractivity contribution is 7.80. The molecule has 0 amide bonds. The first-order valence-corrected chi connectivity index (χ1v) is 8.22. The molecule has 0 saturated heterocycles. The van der Waals surface area contributed by atoms with Gasteiger partial charge in [-0.05, 0) is 55.0 Å². The van der Waals surface area contributed by atoms with Gasteiger partial charge in [-0.15, -0.1) is 0 Å². The Morgan fingerprint density at radius 3 is 2.36 bits per heavy atom. The van der Waals surface area contributed by atoms with Crippen molar-refractivity contribution in [3.8, 4) is 5.75 Å². The minimum Gasteiger partial charge on any atom is -0.497 e. The fourth-order valence-electron chi connectivity index (χ4n) is 2.38. The number of methoxy groups -OCH3 is 1. The Balaban J connectivity index is 1.63. The van der Waals surface area contributed by atoms with Gasteiger partial charge in [0.25, 0.3) is 0 Å². The first-order chi connectivity index (χ1) is 10.7. The van der Waals surface area contributed by atoms with Crippen LogP contribution in [0.5, 0.6) is 5.75 Å². The van der Waals surface area contributed by atoms with Crippen molar-refractivity contribution in [3.63, 3.8) is 0 Å². The van der Waals surface area contributed by atoms with Crippen molar-refractivity contribution in [1.82, 2.24) is 21.5 Å². The zero-order valence-electron chi connectivity index (χ0n) is 12.6. The Hall–Kier alpha value is -1.60. The summed E-state index contributed by atoms with van der Waals surface area (Å²) in [5.41, 5.74) is 6.92. The second kappa shape index (κ2) is 8.75. The van der Waals surface area contributed by atoms with E-state index in [4.69, 9.17) is 29.2 Å². The minimum atomic E-state index is 0.489. The second-order valence-corrected chi connectivity index (χ2v) is 6.05. The number of thiocarbonyl (C=S) groups is 2. The maximum atomic E-state index is 5.23. The van der Waals surface area contributed by atoms with Gasteiger partial charge in [-0.2, -0.15) is 0 Å². The number of hydrogen-bond donors (Lipinski definition) is 4. The molecule has 0 bridgehead atoms. The molecule has 1 saturated carbocycles. The number of hydrazine groups is 1. The molecule has 0 atom stereocenters. The van der Waals surface area contributed by atoms with Crippen molar-refractivity contribution < 1.29 is 4.74 Å². The summed E-state index contributed by atoms with van der Waals surface area (Å²) in [5.74, 6) is 0.842. The Labute approximate surface area is 142 Å². The zero-order valence-corrected chi connectivity index (χ0v) is 14.3. The summed E-state index contributed by atoms with van der Waals surface area (Å²) >= 11 is 10.4. The highest BCUT2D eigenvalue weighted by atomic mass is 32.1. The van der Waals surface area contributed by atoms with Gasteiger partial charge in [0, 0.05) is 12.6 Å². The van der Waals surface area contributed by atoms with E-state index in [-0.39, 0.29) is 0 Å².